The molecule has 108 valence electrons. The van der Waals surface area contributed by atoms with Crippen molar-refractivity contribution < 1.29 is 9.90 Å². The lowest BCUT2D eigenvalue weighted by atomic mass is 9.79. The minimum absolute atomic E-state index is 0.0176. The van der Waals surface area contributed by atoms with Crippen molar-refractivity contribution in [2.45, 2.75) is 33.1 Å². The molecule has 0 aliphatic rings. The van der Waals surface area contributed by atoms with Crippen molar-refractivity contribution in [3.05, 3.63) is 16.2 Å². The van der Waals surface area contributed by atoms with E-state index < -0.39 is 16.9 Å². The number of hydrogen-bond donors (Lipinski definition) is 4. The third-order valence-corrected chi connectivity index (χ3v) is 3.74. The molecule has 8 heteroatoms. The fourth-order valence-electron chi connectivity index (χ4n) is 2.25. The third kappa shape index (κ3) is 2.24. The van der Waals surface area contributed by atoms with Gasteiger partial charge < -0.3 is 15.8 Å². The summed E-state index contributed by atoms with van der Waals surface area (Å²) < 4.78 is 0. The SMILES string of the molecule is CCC(CC)(Cc1nc2nc(N)[nH]c(=O)c2[nH]1)C(=O)O. The molecule has 0 unspecified atom stereocenters. The Morgan fingerprint density at radius 3 is 2.50 bits per heavy atom. The summed E-state index contributed by atoms with van der Waals surface area (Å²) in [6.07, 6.45) is 1.16. The van der Waals surface area contributed by atoms with Crippen molar-refractivity contribution >= 4 is 23.1 Å². The van der Waals surface area contributed by atoms with Gasteiger partial charge in [0.15, 0.2) is 11.2 Å². The van der Waals surface area contributed by atoms with Crippen LogP contribution in [0.4, 0.5) is 5.95 Å². The number of rotatable bonds is 5. The largest absolute Gasteiger partial charge is 0.481 e. The number of carboxylic acids is 1. The number of nitrogens with zero attached hydrogens (tertiary/aromatic N) is 2. The van der Waals surface area contributed by atoms with Crippen LogP contribution in [0.2, 0.25) is 0 Å². The first-order valence-electron chi connectivity index (χ1n) is 6.39. The van der Waals surface area contributed by atoms with Crippen LogP contribution in [-0.2, 0) is 11.2 Å². The lowest BCUT2D eigenvalue weighted by molar-refractivity contribution is -0.149. The van der Waals surface area contributed by atoms with Crippen molar-refractivity contribution in [1.82, 2.24) is 19.9 Å². The maximum Gasteiger partial charge on any atom is 0.310 e. The van der Waals surface area contributed by atoms with Crippen molar-refractivity contribution in [3.63, 3.8) is 0 Å². The maximum absolute atomic E-state index is 11.7. The zero-order valence-corrected chi connectivity index (χ0v) is 11.4. The summed E-state index contributed by atoms with van der Waals surface area (Å²) in [7, 11) is 0. The van der Waals surface area contributed by atoms with Gasteiger partial charge in [-0.05, 0) is 12.8 Å². The van der Waals surface area contributed by atoms with Crippen LogP contribution in [0.15, 0.2) is 4.79 Å². The number of carbonyl (C=O) groups is 1. The number of aromatic nitrogens is 4. The molecule has 20 heavy (non-hydrogen) atoms. The van der Waals surface area contributed by atoms with Gasteiger partial charge in [0, 0.05) is 6.42 Å². The fourth-order valence-corrected chi connectivity index (χ4v) is 2.25. The first-order valence-corrected chi connectivity index (χ1v) is 6.39. The quantitative estimate of drug-likeness (QED) is 0.634. The molecule has 0 fully saturated rings. The molecular formula is C12H17N5O3. The van der Waals surface area contributed by atoms with Crippen LogP contribution in [0.5, 0.6) is 0 Å². The van der Waals surface area contributed by atoms with Gasteiger partial charge in [0.1, 0.15) is 5.82 Å². The Kier molecular flexibility index (Phi) is 3.47. The van der Waals surface area contributed by atoms with E-state index in [0.29, 0.717) is 18.7 Å². The molecule has 0 bridgehead atoms. The number of hydrogen-bond acceptors (Lipinski definition) is 5. The summed E-state index contributed by atoms with van der Waals surface area (Å²) in [5.41, 5.74) is 4.54. The fraction of sp³-hybridized carbons (Fsp3) is 0.500. The molecule has 0 radical (unpaired) electrons. The maximum atomic E-state index is 11.7. The molecule has 0 spiro atoms. The zero-order valence-electron chi connectivity index (χ0n) is 11.4. The highest BCUT2D eigenvalue weighted by atomic mass is 16.4. The topological polar surface area (TPSA) is 138 Å². The molecule has 0 saturated carbocycles. The Bertz CT molecular complexity index is 699. The van der Waals surface area contributed by atoms with Crippen molar-refractivity contribution in [2.75, 3.05) is 5.73 Å². The average Bonchev–Trinajstić information content (AvgIpc) is 2.78. The monoisotopic (exact) mass is 279 g/mol. The smallest absolute Gasteiger partial charge is 0.310 e. The van der Waals surface area contributed by atoms with Crippen molar-refractivity contribution in [2.24, 2.45) is 5.41 Å². The van der Waals surface area contributed by atoms with Crippen LogP contribution in [0.1, 0.15) is 32.5 Å². The number of nitrogens with two attached hydrogens (primary N) is 1. The summed E-state index contributed by atoms with van der Waals surface area (Å²) in [4.78, 5) is 36.4. The number of imidazole rings is 1. The first-order chi connectivity index (χ1) is 9.41. The van der Waals surface area contributed by atoms with E-state index in [2.05, 4.69) is 19.9 Å². The van der Waals surface area contributed by atoms with E-state index in [4.69, 9.17) is 5.73 Å². The van der Waals surface area contributed by atoms with Crippen molar-refractivity contribution in [1.29, 1.82) is 0 Å². The number of anilines is 1. The molecule has 2 aromatic heterocycles. The van der Waals surface area contributed by atoms with E-state index in [9.17, 15) is 14.7 Å². The number of nitrogens with one attached hydrogen (secondary N) is 2. The molecule has 8 nitrogen and oxygen atoms in total. The average molecular weight is 279 g/mol. The molecule has 0 aliphatic carbocycles. The number of carboxylic acid groups (broad SMARTS) is 1. The first kappa shape index (κ1) is 14.0. The van der Waals surface area contributed by atoms with E-state index in [0.717, 1.165) is 0 Å². The van der Waals surface area contributed by atoms with E-state index in [1.165, 1.54) is 0 Å². The molecular weight excluding hydrogens is 262 g/mol. The van der Waals surface area contributed by atoms with Gasteiger partial charge in [-0.25, -0.2) is 4.98 Å². The second kappa shape index (κ2) is 4.95. The highest BCUT2D eigenvalue weighted by Gasteiger charge is 2.36. The van der Waals surface area contributed by atoms with Gasteiger partial charge in [0.25, 0.3) is 5.56 Å². The molecule has 0 saturated heterocycles. The van der Waals surface area contributed by atoms with E-state index in [1.807, 2.05) is 13.8 Å². The van der Waals surface area contributed by atoms with Gasteiger partial charge in [-0.1, -0.05) is 13.8 Å². The molecule has 2 rings (SSSR count). The predicted octanol–water partition coefficient (Wildman–Crippen LogP) is 0.662. The second-order valence-corrected chi connectivity index (χ2v) is 4.80. The van der Waals surface area contributed by atoms with Gasteiger partial charge in [-0.2, -0.15) is 4.98 Å². The summed E-state index contributed by atoms with van der Waals surface area (Å²) in [6.45, 7) is 3.65. The molecule has 0 aromatic carbocycles. The third-order valence-electron chi connectivity index (χ3n) is 3.74. The highest BCUT2D eigenvalue weighted by molar-refractivity contribution is 5.75. The number of aliphatic carboxylic acids is 1. The van der Waals surface area contributed by atoms with Crippen LogP contribution >= 0.6 is 0 Å². The summed E-state index contributed by atoms with van der Waals surface area (Å²) >= 11 is 0. The van der Waals surface area contributed by atoms with Gasteiger partial charge >= 0.3 is 5.97 Å². The highest BCUT2D eigenvalue weighted by Crippen LogP contribution is 2.30. The lowest BCUT2D eigenvalue weighted by Crippen LogP contribution is -2.32. The van der Waals surface area contributed by atoms with Gasteiger partial charge in [0.05, 0.1) is 5.41 Å². The number of aromatic amines is 2. The van der Waals surface area contributed by atoms with E-state index >= 15 is 0 Å². The Balaban J connectivity index is 2.46. The van der Waals surface area contributed by atoms with Gasteiger partial charge in [-0.3, -0.25) is 14.6 Å². The molecule has 2 aromatic rings. The van der Waals surface area contributed by atoms with Crippen molar-refractivity contribution in [3.8, 4) is 0 Å². The lowest BCUT2D eigenvalue weighted by Gasteiger charge is -2.25. The van der Waals surface area contributed by atoms with Crippen LogP contribution < -0.4 is 11.3 Å². The predicted molar refractivity (Wildman–Crippen MR) is 73.3 cm³/mol. The Morgan fingerprint density at radius 1 is 1.30 bits per heavy atom. The van der Waals surface area contributed by atoms with Crippen LogP contribution in [0, 0.1) is 5.41 Å². The summed E-state index contributed by atoms with van der Waals surface area (Å²) in [5.74, 6) is -0.463. The van der Waals surface area contributed by atoms with Gasteiger partial charge in [-0.15, -0.1) is 0 Å². The van der Waals surface area contributed by atoms with Gasteiger partial charge in [0.2, 0.25) is 5.95 Å². The molecule has 0 aliphatic heterocycles. The second-order valence-electron chi connectivity index (χ2n) is 4.80. The standard InChI is InChI=1S/C12H17N5O3/c1-3-12(4-2,10(19)20)5-6-14-7-8(15-6)16-11(13)17-9(7)18/h3-5H2,1-2H3,(H,19,20)(H4,13,14,15,16,17,18). The molecule has 0 atom stereocenters. The molecule has 2 heterocycles. The Labute approximate surface area is 114 Å². The van der Waals surface area contributed by atoms with E-state index in [1.54, 1.807) is 0 Å². The Hall–Kier alpha value is -2.38. The van der Waals surface area contributed by atoms with Crippen LogP contribution in [0.3, 0.4) is 0 Å². The minimum Gasteiger partial charge on any atom is -0.481 e. The minimum atomic E-state index is -0.897. The molecule has 0 amide bonds. The summed E-state index contributed by atoms with van der Waals surface area (Å²) in [6, 6.07) is 0. The number of nitrogen functional groups attached to an aromatic ring is 1. The Morgan fingerprint density at radius 2 is 1.95 bits per heavy atom. The number of fused-ring (bicyclic) bond motifs is 1. The van der Waals surface area contributed by atoms with E-state index in [-0.39, 0.29) is 23.5 Å². The number of H-pyrrole nitrogens is 2. The normalized spacial score (nSPS) is 11.9. The summed E-state index contributed by atoms with van der Waals surface area (Å²) in [5, 5.41) is 9.41. The van der Waals surface area contributed by atoms with Crippen LogP contribution in [-0.4, -0.2) is 31.0 Å². The van der Waals surface area contributed by atoms with Crippen LogP contribution in [0.25, 0.3) is 11.2 Å². The molecule has 5 N–H and O–H groups in total. The zero-order chi connectivity index (χ0) is 14.9.